The van der Waals surface area contributed by atoms with E-state index in [0.29, 0.717) is 29.3 Å². The first kappa shape index (κ1) is 17.8. The van der Waals surface area contributed by atoms with E-state index in [1.807, 2.05) is 0 Å². The molecule has 2 aromatic rings. The van der Waals surface area contributed by atoms with Gasteiger partial charge in [-0.15, -0.1) is 10.2 Å². The fourth-order valence-electron chi connectivity index (χ4n) is 2.60. The van der Waals surface area contributed by atoms with Crippen molar-refractivity contribution in [3.63, 3.8) is 0 Å². The number of thioether (sulfide) groups is 1. The van der Waals surface area contributed by atoms with Crippen LogP contribution >= 0.6 is 11.8 Å². The minimum atomic E-state index is -0.0141. The first-order valence-electron chi connectivity index (χ1n) is 8.73. The maximum absolute atomic E-state index is 12.0. The van der Waals surface area contributed by atoms with Crippen LogP contribution in [0.15, 0.2) is 29.4 Å². The van der Waals surface area contributed by atoms with Crippen LogP contribution in [-0.4, -0.2) is 33.1 Å². The van der Waals surface area contributed by atoms with Crippen molar-refractivity contribution in [3.8, 4) is 0 Å². The van der Waals surface area contributed by atoms with E-state index in [1.54, 1.807) is 0 Å². The molecule has 1 heterocycles. The molecule has 134 valence electrons. The minimum absolute atomic E-state index is 0.0141. The van der Waals surface area contributed by atoms with Crippen molar-refractivity contribution in [2.45, 2.75) is 50.1 Å². The lowest BCUT2D eigenvalue weighted by Crippen LogP contribution is -2.27. The molecule has 0 atom stereocenters. The summed E-state index contributed by atoms with van der Waals surface area (Å²) in [6.45, 7) is 4.99. The highest BCUT2D eigenvalue weighted by molar-refractivity contribution is 7.99. The molecule has 25 heavy (non-hydrogen) atoms. The molecule has 1 aromatic carbocycles. The molecule has 1 amide bonds. The number of nitrogens with two attached hydrogens (primary N) is 1. The Morgan fingerprint density at radius 3 is 2.68 bits per heavy atom. The van der Waals surface area contributed by atoms with E-state index in [9.17, 15) is 4.79 Å². The van der Waals surface area contributed by atoms with Crippen LogP contribution in [0.4, 0.5) is 0 Å². The largest absolute Gasteiger partial charge is 0.355 e. The predicted octanol–water partition coefficient (Wildman–Crippen LogP) is 2.44. The molecule has 1 fully saturated rings. The van der Waals surface area contributed by atoms with Crippen LogP contribution < -0.4 is 11.2 Å². The zero-order valence-electron chi connectivity index (χ0n) is 14.7. The molecule has 1 saturated carbocycles. The van der Waals surface area contributed by atoms with Crippen LogP contribution in [0.25, 0.3) is 0 Å². The fourth-order valence-corrected chi connectivity index (χ4v) is 3.30. The van der Waals surface area contributed by atoms with E-state index in [-0.39, 0.29) is 5.91 Å². The third-order valence-corrected chi connectivity index (χ3v) is 5.29. The molecule has 7 heteroatoms. The van der Waals surface area contributed by atoms with Gasteiger partial charge in [0.1, 0.15) is 0 Å². The second-order valence-electron chi connectivity index (χ2n) is 6.77. The number of amides is 1. The average Bonchev–Trinajstić information content (AvgIpc) is 3.37. The second kappa shape index (κ2) is 7.91. The maximum atomic E-state index is 12.0. The van der Waals surface area contributed by atoms with Crippen molar-refractivity contribution >= 4 is 17.7 Å². The van der Waals surface area contributed by atoms with E-state index in [0.717, 1.165) is 25.1 Å². The number of hydrogen-bond donors (Lipinski definition) is 2. The molecule has 0 unspecified atom stereocenters. The normalized spacial score (nSPS) is 14.0. The molecule has 1 aliphatic rings. The van der Waals surface area contributed by atoms with Crippen LogP contribution in [0.1, 0.15) is 55.5 Å². The summed E-state index contributed by atoms with van der Waals surface area (Å²) in [5, 5.41) is 11.7. The Morgan fingerprint density at radius 1 is 1.32 bits per heavy atom. The highest BCUT2D eigenvalue weighted by atomic mass is 32.2. The fraction of sp³-hybridized carbons (Fsp3) is 0.500. The van der Waals surface area contributed by atoms with Gasteiger partial charge in [0.15, 0.2) is 5.82 Å². The number of nitrogens with zero attached hydrogens (tertiary/aromatic N) is 3. The quantitative estimate of drug-likeness (QED) is 0.558. The number of nitrogens with one attached hydrogen (secondary N) is 1. The first-order chi connectivity index (χ1) is 12.0. The van der Waals surface area contributed by atoms with Gasteiger partial charge < -0.3 is 11.2 Å². The Balaban J connectivity index is 1.39. The Bertz CT molecular complexity index is 722. The van der Waals surface area contributed by atoms with Crippen molar-refractivity contribution < 1.29 is 4.79 Å². The lowest BCUT2D eigenvalue weighted by molar-refractivity contribution is -0.118. The van der Waals surface area contributed by atoms with Crippen LogP contribution in [0.5, 0.6) is 0 Å². The van der Waals surface area contributed by atoms with E-state index >= 15 is 0 Å². The van der Waals surface area contributed by atoms with Crippen molar-refractivity contribution in [1.29, 1.82) is 0 Å². The first-order valence-corrected chi connectivity index (χ1v) is 9.72. The molecule has 0 bridgehead atoms. The van der Waals surface area contributed by atoms with Gasteiger partial charge in [0.2, 0.25) is 11.1 Å². The molecule has 3 N–H and O–H groups in total. The summed E-state index contributed by atoms with van der Waals surface area (Å²) in [5.41, 5.74) is 2.56. The Hall–Kier alpha value is -2.02. The summed E-state index contributed by atoms with van der Waals surface area (Å²) in [5.74, 6) is 8.07. The van der Waals surface area contributed by atoms with Gasteiger partial charge >= 0.3 is 0 Å². The van der Waals surface area contributed by atoms with E-state index < -0.39 is 0 Å². The summed E-state index contributed by atoms with van der Waals surface area (Å²) in [7, 11) is 0. The smallest absolute Gasteiger partial charge is 0.230 e. The second-order valence-corrected chi connectivity index (χ2v) is 7.71. The zero-order chi connectivity index (χ0) is 17.8. The van der Waals surface area contributed by atoms with Crippen LogP contribution in [-0.2, 0) is 11.2 Å². The third-order valence-electron chi connectivity index (χ3n) is 4.35. The number of nitrogen functional groups attached to an aromatic ring is 1. The zero-order valence-corrected chi connectivity index (χ0v) is 15.6. The van der Waals surface area contributed by atoms with Crippen molar-refractivity contribution in [1.82, 2.24) is 20.2 Å². The molecule has 0 aliphatic heterocycles. The highest BCUT2D eigenvalue weighted by Crippen LogP contribution is 2.39. The van der Waals surface area contributed by atoms with Crippen molar-refractivity contribution in [3.05, 3.63) is 41.2 Å². The van der Waals surface area contributed by atoms with Gasteiger partial charge in [-0.25, -0.2) is 4.68 Å². The van der Waals surface area contributed by atoms with E-state index in [1.165, 1.54) is 27.6 Å². The number of aromatic nitrogens is 3. The van der Waals surface area contributed by atoms with Gasteiger partial charge in [-0.3, -0.25) is 4.79 Å². The summed E-state index contributed by atoms with van der Waals surface area (Å²) >= 11 is 1.32. The number of rotatable bonds is 8. The molecular weight excluding hydrogens is 334 g/mol. The number of hydrogen-bond acceptors (Lipinski definition) is 5. The SMILES string of the molecule is CC(C)c1ccc(CCNC(=O)CSc2nnc(C3CC3)n2N)cc1. The van der Waals surface area contributed by atoms with Gasteiger partial charge in [0.05, 0.1) is 5.75 Å². The van der Waals surface area contributed by atoms with Crippen LogP contribution in [0, 0.1) is 0 Å². The number of benzene rings is 1. The number of carbonyl (C=O) groups excluding carboxylic acids is 1. The highest BCUT2D eigenvalue weighted by Gasteiger charge is 2.29. The van der Waals surface area contributed by atoms with E-state index in [2.05, 4.69) is 53.6 Å². The van der Waals surface area contributed by atoms with Gasteiger partial charge in [-0.2, -0.15) is 0 Å². The lowest BCUT2D eigenvalue weighted by Gasteiger charge is -2.08. The topological polar surface area (TPSA) is 85.8 Å². The van der Waals surface area contributed by atoms with Gasteiger partial charge in [-0.05, 0) is 36.3 Å². The monoisotopic (exact) mass is 359 g/mol. The Morgan fingerprint density at radius 2 is 2.04 bits per heavy atom. The Labute approximate surface area is 152 Å². The molecule has 0 saturated heterocycles. The predicted molar refractivity (Wildman–Crippen MR) is 100 cm³/mol. The summed E-state index contributed by atoms with van der Waals surface area (Å²) in [6, 6.07) is 8.57. The molecule has 0 radical (unpaired) electrons. The molecule has 0 spiro atoms. The van der Waals surface area contributed by atoms with Gasteiger partial charge in [0, 0.05) is 12.5 Å². The van der Waals surface area contributed by atoms with Gasteiger partial charge in [-0.1, -0.05) is 49.9 Å². The van der Waals surface area contributed by atoms with Crippen LogP contribution in [0.2, 0.25) is 0 Å². The van der Waals surface area contributed by atoms with E-state index in [4.69, 9.17) is 5.84 Å². The molecular formula is C18H25N5OS. The van der Waals surface area contributed by atoms with Crippen molar-refractivity contribution in [2.24, 2.45) is 0 Å². The standard InChI is InChI=1S/C18H25N5OS/c1-12(2)14-5-3-13(4-6-14)9-10-20-16(24)11-25-18-22-21-17(23(18)19)15-7-8-15/h3-6,12,15H,7-11,19H2,1-2H3,(H,20,24). The Kier molecular flexibility index (Phi) is 5.63. The molecule has 1 aliphatic carbocycles. The summed E-state index contributed by atoms with van der Waals surface area (Å²) in [4.78, 5) is 12.0. The average molecular weight is 359 g/mol. The molecule has 6 nitrogen and oxygen atoms in total. The number of carbonyl (C=O) groups is 1. The molecule has 1 aromatic heterocycles. The lowest BCUT2D eigenvalue weighted by atomic mass is 10.0. The third kappa shape index (κ3) is 4.75. The summed E-state index contributed by atoms with van der Waals surface area (Å²) < 4.78 is 1.52. The minimum Gasteiger partial charge on any atom is -0.355 e. The van der Waals surface area contributed by atoms with Gasteiger partial charge in [0.25, 0.3) is 0 Å². The van der Waals surface area contributed by atoms with Crippen LogP contribution in [0.3, 0.4) is 0 Å². The summed E-state index contributed by atoms with van der Waals surface area (Å²) in [6.07, 6.45) is 3.07. The van der Waals surface area contributed by atoms with Crippen molar-refractivity contribution in [2.75, 3.05) is 18.1 Å². The molecule has 3 rings (SSSR count). The maximum Gasteiger partial charge on any atom is 0.230 e.